The van der Waals surface area contributed by atoms with Crippen molar-refractivity contribution in [2.75, 3.05) is 18.0 Å². The Bertz CT molecular complexity index is 893. The Kier molecular flexibility index (Phi) is 3.72. The smallest absolute Gasteiger partial charge is 0.224 e. The Balaban J connectivity index is 1.36. The summed E-state index contributed by atoms with van der Waals surface area (Å²) in [4.78, 5) is 14.5. The molecule has 1 N–H and O–H groups in total. The number of carbonyl (C=O) groups is 1. The van der Waals surface area contributed by atoms with Crippen LogP contribution in [0.3, 0.4) is 0 Å². The maximum Gasteiger partial charge on any atom is 0.224 e. The molecule has 3 aromatic rings. The number of hydrogen-bond acceptors (Lipinski definition) is 5. The quantitative estimate of drug-likeness (QED) is 0.787. The molecular weight excluding hydrogens is 322 g/mol. The number of benzene rings is 1. The van der Waals surface area contributed by atoms with Crippen LogP contribution < -0.4 is 10.2 Å². The number of aryl methyl sites for hydroxylation is 2. The number of rotatable bonds is 4. The van der Waals surface area contributed by atoms with Crippen LogP contribution in [0.4, 0.5) is 5.13 Å². The number of anilines is 1. The van der Waals surface area contributed by atoms with Crippen LogP contribution in [-0.4, -0.2) is 39.8 Å². The molecule has 1 aromatic carbocycles. The number of aromatic nitrogens is 3. The molecule has 1 amide bonds. The van der Waals surface area contributed by atoms with E-state index in [4.69, 9.17) is 0 Å². The van der Waals surface area contributed by atoms with Crippen LogP contribution in [0.1, 0.15) is 10.6 Å². The van der Waals surface area contributed by atoms with Crippen LogP contribution in [0.2, 0.25) is 0 Å². The monoisotopic (exact) mass is 341 g/mol. The molecule has 24 heavy (non-hydrogen) atoms. The molecule has 124 valence electrons. The second-order valence-electron chi connectivity index (χ2n) is 6.23. The van der Waals surface area contributed by atoms with Gasteiger partial charge in [0.25, 0.3) is 0 Å². The first kappa shape index (κ1) is 15.1. The minimum atomic E-state index is 0.0736. The topological polar surface area (TPSA) is 63.1 Å². The number of fused-ring (bicyclic) bond motifs is 1. The third kappa shape index (κ3) is 2.75. The Hall–Kier alpha value is -2.41. The lowest BCUT2D eigenvalue weighted by atomic mass is 10.1. The van der Waals surface area contributed by atoms with Crippen molar-refractivity contribution in [1.29, 1.82) is 0 Å². The number of para-hydroxylation sites is 1. The van der Waals surface area contributed by atoms with Crippen molar-refractivity contribution in [2.45, 2.75) is 19.4 Å². The second-order valence-corrected chi connectivity index (χ2v) is 7.39. The molecule has 3 heterocycles. The van der Waals surface area contributed by atoms with Gasteiger partial charge in [-0.25, -0.2) is 0 Å². The zero-order chi connectivity index (χ0) is 16.7. The molecule has 2 aromatic heterocycles. The Morgan fingerprint density at radius 2 is 2.12 bits per heavy atom. The summed E-state index contributed by atoms with van der Waals surface area (Å²) >= 11 is 1.59. The first-order chi connectivity index (χ1) is 11.6. The van der Waals surface area contributed by atoms with E-state index in [9.17, 15) is 4.79 Å². The van der Waals surface area contributed by atoms with E-state index in [1.165, 1.54) is 0 Å². The summed E-state index contributed by atoms with van der Waals surface area (Å²) in [7, 11) is 2.01. The van der Waals surface area contributed by atoms with Gasteiger partial charge in [0.2, 0.25) is 11.0 Å². The molecule has 0 bridgehead atoms. The van der Waals surface area contributed by atoms with Gasteiger partial charge in [0.05, 0.1) is 12.5 Å². The lowest BCUT2D eigenvalue weighted by Crippen LogP contribution is -2.59. The van der Waals surface area contributed by atoms with Crippen molar-refractivity contribution in [3.05, 3.63) is 41.0 Å². The van der Waals surface area contributed by atoms with Crippen molar-refractivity contribution < 1.29 is 4.79 Å². The molecule has 6 nitrogen and oxygen atoms in total. The van der Waals surface area contributed by atoms with Gasteiger partial charge in [-0.3, -0.25) is 4.79 Å². The normalized spacial score (nSPS) is 14.8. The lowest BCUT2D eigenvalue weighted by molar-refractivity contribution is -0.121. The van der Waals surface area contributed by atoms with Gasteiger partial charge in [-0.2, -0.15) is 0 Å². The third-order valence-electron chi connectivity index (χ3n) is 4.36. The maximum atomic E-state index is 12.4. The molecule has 1 aliphatic rings. The lowest BCUT2D eigenvalue weighted by Gasteiger charge is -2.39. The summed E-state index contributed by atoms with van der Waals surface area (Å²) < 4.78 is 2.07. The summed E-state index contributed by atoms with van der Waals surface area (Å²) in [6.45, 7) is 3.55. The standard InChI is InChI=1S/C17H19N5OS/c1-11-19-20-17(24-11)22-9-13(10-22)18-16(23)7-12-8-21(2)15-6-4-3-5-14(12)15/h3-6,8,13H,7,9-10H2,1-2H3,(H,18,23). The molecule has 1 fully saturated rings. The molecule has 1 saturated heterocycles. The van der Waals surface area contributed by atoms with E-state index in [-0.39, 0.29) is 11.9 Å². The minimum absolute atomic E-state index is 0.0736. The molecule has 0 atom stereocenters. The van der Waals surface area contributed by atoms with Crippen molar-refractivity contribution in [3.63, 3.8) is 0 Å². The third-order valence-corrected chi connectivity index (χ3v) is 5.26. The van der Waals surface area contributed by atoms with Crippen molar-refractivity contribution in [2.24, 2.45) is 7.05 Å². The van der Waals surface area contributed by atoms with Gasteiger partial charge in [0.1, 0.15) is 5.01 Å². The van der Waals surface area contributed by atoms with Gasteiger partial charge >= 0.3 is 0 Å². The molecule has 0 radical (unpaired) electrons. The highest BCUT2D eigenvalue weighted by molar-refractivity contribution is 7.15. The highest BCUT2D eigenvalue weighted by Crippen LogP contribution is 2.24. The van der Waals surface area contributed by atoms with E-state index < -0.39 is 0 Å². The molecule has 1 aliphatic heterocycles. The maximum absolute atomic E-state index is 12.4. The fourth-order valence-electron chi connectivity index (χ4n) is 3.16. The number of carbonyl (C=O) groups excluding carboxylic acids is 1. The van der Waals surface area contributed by atoms with E-state index >= 15 is 0 Å². The highest BCUT2D eigenvalue weighted by atomic mass is 32.1. The van der Waals surface area contributed by atoms with Crippen LogP contribution in [0.15, 0.2) is 30.5 Å². The summed E-state index contributed by atoms with van der Waals surface area (Å²) in [5.74, 6) is 0.0736. The first-order valence-corrected chi connectivity index (χ1v) is 8.79. The average molecular weight is 341 g/mol. The van der Waals surface area contributed by atoms with E-state index in [0.717, 1.165) is 39.7 Å². The summed E-state index contributed by atoms with van der Waals surface area (Å²) in [5, 5.41) is 14.3. The average Bonchev–Trinajstić information content (AvgIpc) is 3.08. The van der Waals surface area contributed by atoms with Crippen LogP contribution in [0.5, 0.6) is 0 Å². The zero-order valence-corrected chi connectivity index (χ0v) is 14.5. The van der Waals surface area contributed by atoms with Gasteiger partial charge < -0.3 is 14.8 Å². The Morgan fingerprint density at radius 1 is 1.33 bits per heavy atom. The highest BCUT2D eigenvalue weighted by Gasteiger charge is 2.30. The summed E-state index contributed by atoms with van der Waals surface area (Å²) in [6.07, 6.45) is 2.46. The number of nitrogens with zero attached hydrogens (tertiary/aromatic N) is 4. The predicted molar refractivity (Wildman–Crippen MR) is 95.4 cm³/mol. The van der Waals surface area contributed by atoms with Gasteiger partial charge in [-0.15, -0.1) is 10.2 Å². The molecule has 4 rings (SSSR count). The summed E-state index contributed by atoms with van der Waals surface area (Å²) in [6, 6.07) is 8.37. The largest absolute Gasteiger partial charge is 0.350 e. The predicted octanol–water partition coefficient (Wildman–Crippen LogP) is 1.89. The van der Waals surface area contributed by atoms with E-state index in [1.807, 2.05) is 32.3 Å². The molecule has 0 unspecified atom stereocenters. The van der Waals surface area contributed by atoms with Gasteiger partial charge in [0.15, 0.2) is 0 Å². The van der Waals surface area contributed by atoms with Crippen molar-refractivity contribution in [1.82, 2.24) is 20.1 Å². The van der Waals surface area contributed by atoms with Crippen LogP contribution in [0, 0.1) is 6.92 Å². The summed E-state index contributed by atoms with van der Waals surface area (Å²) in [5.41, 5.74) is 2.23. The van der Waals surface area contributed by atoms with Crippen molar-refractivity contribution >= 4 is 33.3 Å². The SMILES string of the molecule is Cc1nnc(N2CC(NC(=O)Cc3cn(C)c4ccccc34)C2)s1. The minimum Gasteiger partial charge on any atom is -0.350 e. The van der Waals surface area contributed by atoms with E-state index in [2.05, 4.69) is 37.1 Å². The first-order valence-electron chi connectivity index (χ1n) is 7.97. The number of nitrogens with one attached hydrogen (secondary N) is 1. The van der Waals surface area contributed by atoms with Gasteiger partial charge in [0, 0.05) is 37.2 Å². The molecule has 0 aliphatic carbocycles. The fraction of sp³-hybridized carbons (Fsp3) is 0.353. The Morgan fingerprint density at radius 3 is 2.88 bits per heavy atom. The van der Waals surface area contributed by atoms with Crippen molar-refractivity contribution in [3.8, 4) is 0 Å². The van der Waals surface area contributed by atoms with Crippen LogP contribution in [-0.2, 0) is 18.3 Å². The number of amides is 1. The van der Waals surface area contributed by atoms with Gasteiger partial charge in [-0.05, 0) is 18.6 Å². The zero-order valence-electron chi connectivity index (χ0n) is 13.7. The molecular formula is C17H19N5OS. The Labute approximate surface area is 144 Å². The van der Waals surface area contributed by atoms with Crippen LogP contribution in [0.25, 0.3) is 10.9 Å². The second kappa shape index (κ2) is 5.90. The molecule has 0 spiro atoms. The fourth-order valence-corrected chi connectivity index (χ4v) is 3.86. The van der Waals surface area contributed by atoms with Gasteiger partial charge in [-0.1, -0.05) is 29.5 Å². The number of hydrogen-bond donors (Lipinski definition) is 1. The molecule has 7 heteroatoms. The molecule has 0 saturated carbocycles. The van der Waals surface area contributed by atoms with Crippen LogP contribution >= 0.6 is 11.3 Å². The van der Waals surface area contributed by atoms with E-state index in [1.54, 1.807) is 11.3 Å². The van der Waals surface area contributed by atoms with E-state index in [0.29, 0.717) is 6.42 Å².